The molecule has 1 aliphatic rings. The maximum Gasteiger partial charge on any atom is 0.137 e. The topological polar surface area (TPSA) is 21.3 Å². The molecule has 3 rings (SSSR count). The van der Waals surface area contributed by atoms with Crippen molar-refractivity contribution in [3.05, 3.63) is 53.6 Å². The van der Waals surface area contributed by atoms with Gasteiger partial charge in [-0.15, -0.1) is 0 Å². The quantitative estimate of drug-likeness (QED) is 0.901. The third kappa shape index (κ3) is 3.22. The molecule has 2 aromatic rings. The molecule has 0 radical (unpaired) electrons. The minimum Gasteiger partial charge on any atom is -0.497 e. The number of rotatable bonds is 5. The zero-order chi connectivity index (χ0) is 14.8. The Bertz CT molecular complexity index is 630. The molecular formula is C17H17F2NO. The first-order valence-corrected chi connectivity index (χ1v) is 7.03. The molecule has 21 heavy (non-hydrogen) atoms. The van der Waals surface area contributed by atoms with Gasteiger partial charge in [0.25, 0.3) is 0 Å². The normalized spacial score (nSPS) is 14.2. The summed E-state index contributed by atoms with van der Waals surface area (Å²) in [4.78, 5) is 0. The predicted molar refractivity (Wildman–Crippen MR) is 78.2 cm³/mol. The van der Waals surface area contributed by atoms with Crippen LogP contribution in [0.15, 0.2) is 36.4 Å². The lowest BCUT2D eigenvalue weighted by Crippen LogP contribution is -2.15. The Morgan fingerprint density at radius 1 is 1.14 bits per heavy atom. The van der Waals surface area contributed by atoms with Crippen LogP contribution in [0.25, 0.3) is 11.1 Å². The smallest absolute Gasteiger partial charge is 0.137 e. The molecule has 0 heterocycles. The van der Waals surface area contributed by atoms with Gasteiger partial charge in [-0.25, -0.2) is 8.78 Å². The van der Waals surface area contributed by atoms with E-state index in [1.807, 2.05) is 18.2 Å². The van der Waals surface area contributed by atoms with Crippen LogP contribution in [0.3, 0.4) is 0 Å². The van der Waals surface area contributed by atoms with Crippen molar-refractivity contribution in [2.24, 2.45) is 0 Å². The Hall–Kier alpha value is -1.94. The zero-order valence-corrected chi connectivity index (χ0v) is 11.8. The molecular weight excluding hydrogens is 272 g/mol. The Labute approximate surface area is 122 Å². The van der Waals surface area contributed by atoms with Gasteiger partial charge in [0, 0.05) is 24.7 Å². The van der Waals surface area contributed by atoms with Gasteiger partial charge in [0.1, 0.15) is 17.4 Å². The van der Waals surface area contributed by atoms with Crippen LogP contribution < -0.4 is 10.1 Å². The molecule has 0 spiro atoms. The summed E-state index contributed by atoms with van der Waals surface area (Å²) in [5.74, 6) is -1.04. The van der Waals surface area contributed by atoms with Crippen molar-refractivity contribution in [3.8, 4) is 16.9 Å². The van der Waals surface area contributed by atoms with Crippen LogP contribution in [-0.4, -0.2) is 13.2 Å². The van der Waals surface area contributed by atoms with Crippen LogP contribution >= 0.6 is 0 Å². The fourth-order valence-electron chi connectivity index (χ4n) is 2.33. The van der Waals surface area contributed by atoms with Crippen molar-refractivity contribution in [2.45, 2.75) is 25.4 Å². The second-order valence-corrected chi connectivity index (χ2v) is 5.32. The van der Waals surface area contributed by atoms with E-state index in [0.717, 1.165) is 12.1 Å². The molecule has 0 saturated heterocycles. The second kappa shape index (κ2) is 5.82. The number of methoxy groups -OCH3 is 1. The number of ether oxygens (including phenoxy) is 1. The first kappa shape index (κ1) is 14.0. The average molecular weight is 289 g/mol. The lowest BCUT2D eigenvalue weighted by Gasteiger charge is -2.10. The maximum atomic E-state index is 14.1. The van der Waals surface area contributed by atoms with E-state index in [9.17, 15) is 8.78 Å². The number of halogens is 2. The molecule has 1 N–H and O–H groups in total. The minimum atomic E-state index is -0.612. The summed E-state index contributed by atoms with van der Waals surface area (Å²) in [6.07, 6.45) is 2.42. The average Bonchev–Trinajstić information content (AvgIpc) is 3.29. The fourth-order valence-corrected chi connectivity index (χ4v) is 2.33. The summed E-state index contributed by atoms with van der Waals surface area (Å²) in [7, 11) is 1.39. The Morgan fingerprint density at radius 3 is 2.48 bits per heavy atom. The van der Waals surface area contributed by atoms with Crippen LogP contribution in [0, 0.1) is 11.6 Å². The predicted octanol–water partition coefficient (Wildman–Crippen LogP) is 3.89. The number of hydrogen-bond acceptors (Lipinski definition) is 2. The van der Waals surface area contributed by atoms with Gasteiger partial charge in [0.2, 0.25) is 0 Å². The van der Waals surface area contributed by atoms with Crippen molar-refractivity contribution in [1.29, 1.82) is 0 Å². The van der Waals surface area contributed by atoms with Gasteiger partial charge in [0.05, 0.1) is 12.7 Å². The van der Waals surface area contributed by atoms with E-state index in [-0.39, 0.29) is 11.3 Å². The monoisotopic (exact) mass is 289 g/mol. The first-order valence-electron chi connectivity index (χ1n) is 7.03. The van der Waals surface area contributed by atoms with Crippen LogP contribution in [0.4, 0.5) is 8.78 Å². The summed E-state index contributed by atoms with van der Waals surface area (Å²) in [6.45, 7) is 0.720. The maximum absolute atomic E-state index is 14.1. The number of nitrogens with one attached hydrogen (secondary N) is 1. The molecule has 0 unspecified atom stereocenters. The standard InChI is InChI=1S/C17H17F2NO/c1-21-14-8-15(18)17(16(19)9-14)12-4-2-3-11(7-12)10-20-13-5-6-13/h2-4,7-9,13,20H,5-6,10H2,1H3. The highest BCUT2D eigenvalue weighted by Crippen LogP contribution is 2.30. The zero-order valence-electron chi connectivity index (χ0n) is 11.8. The van der Waals surface area contributed by atoms with E-state index in [2.05, 4.69) is 5.32 Å². The minimum absolute atomic E-state index is 0.0101. The summed E-state index contributed by atoms with van der Waals surface area (Å²) < 4.78 is 33.1. The lowest BCUT2D eigenvalue weighted by atomic mass is 10.0. The van der Waals surface area contributed by atoms with E-state index in [1.165, 1.54) is 32.1 Å². The molecule has 4 heteroatoms. The van der Waals surface area contributed by atoms with E-state index in [1.54, 1.807) is 6.07 Å². The first-order chi connectivity index (χ1) is 10.2. The molecule has 110 valence electrons. The SMILES string of the molecule is COc1cc(F)c(-c2cccc(CNC3CC3)c2)c(F)c1. The molecule has 2 aromatic carbocycles. The lowest BCUT2D eigenvalue weighted by molar-refractivity contribution is 0.407. The largest absolute Gasteiger partial charge is 0.497 e. The number of hydrogen-bond donors (Lipinski definition) is 1. The highest BCUT2D eigenvalue weighted by atomic mass is 19.1. The molecule has 0 aliphatic heterocycles. The highest BCUT2D eigenvalue weighted by Gasteiger charge is 2.20. The van der Waals surface area contributed by atoms with E-state index < -0.39 is 11.6 Å². The summed E-state index contributed by atoms with van der Waals surface area (Å²) >= 11 is 0. The second-order valence-electron chi connectivity index (χ2n) is 5.32. The van der Waals surface area contributed by atoms with Gasteiger partial charge < -0.3 is 10.1 Å². The van der Waals surface area contributed by atoms with Gasteiger partial charge in [-0.2, -0.15) is 0 Å². The van der Waals surface area contributed by atoms with Gasteiger partial charge in [-0.1, -0.05) is 18.2 Å². The highest BCUT2D eigenvalue weighted by molar-refractivity contribution is 5.66. The van der Waals surface area contributed by atoms with Crippen LogP contribution in [0.2, 0.25) is 0 Å². The van der Waals surface area contributed by atoms with Crippen molar-refractivity contribution in [2.75, 3.05) is 7.11 Å². The van der Waals surface area contributed by atoms with Crippen LogP contribution in [-0.2, 0) is 6.54 Å². The van der Waals surface area contributed by atoms with Crippen molar-refractivity contribution >= 4 is 0 Å². The van der Waals surface area contributed by atoms with Gasteiger partial charge in [-0.05, 0) is 30.0 Å². The van der Waals surface area contributed by atoms with E-state index in [4.69, 9.17) is 4.74 Å². The molecule has 0 atom stereocenters. The summed E-state index contributed by atoms with van der Waals surface area (Å²) in [5.41, 5.74) is 1.56. The third-order valence-corrected chi connectivity index (χ3v) is 3.64. The molecule has 1 aliphatic carbocycles. The summed E-state index contributed by atoms with van der Waals surface area (Å²) in [5, 5.41) is 3.39. The Balaban J connectivity index is 1.90. The van der Waals surface area contributed by atoms with Crippen molar-refractivity contribution < 1.29 is 13.5 Å². The van der Waals surface area contributed by atoms with Crippen LogP contribution in [0.1, 0.15) is 18.4 Å². The third-order valence-electron chi connectivity index (χ3n) is 3.64. The molecule has 0 amide bonds. The fraction of sp³-hybridized carbons (Fsp3) is 0.294. The molecule has 1 saturated carbocycles. The molecule has 1 fully saturated rings. The van der Waals surface area contributed by atoms with Gasteiger partial charge in [0.15, 0.2) is 0 Å². The van der Waals surface area contributed by atoms with Crippen molar-refractivity contribution in [3.63, 3.8) is 0 Å². The number of benzene rings is 2. The molecule has 0 aromatic heterocycles. The summed E-state index contributed by atoms with van der Waals surface area (Å²) in [6, 6.07) is 10.3. The van der Waals surface area contributed by atoms with Crippen LogP contribution in [0.5, 0.6) is 5.75 Å². The van der Waals surface area contributed by atoms with Gasteiger partial charge >= 0.3 is 0 Å². The van der Waals surface area contributed by atoms with E-state index >= 15 is 0 Å². The Kier molecular flexibility index (Phi) is 3.88. The molecule has 0 bridgehead atoms. The Morgan fingerprint density at radius 2 is 1.86 bits per heavy atom. The van der Waals surface area contributed by atoms with Crippen molar-refractivity contribution in [1.82, 2.24) is 5.32 Å². The molecule has 2 nitrogen and oxygen atoms in total. The van der Waals surface area contributed by atoms with E-state index in [0.29, 0.717) is 11.6 Å². The van der Waals surface area contributed by atoms with Gasteiger partial charge in [-0.3, -0.25) is 0 Å².